The number of aromatic amines is 2. The molecule has 4 atom stereocenters. The Morgan fingerprint density at radius 2 is 1.58 bits per heavy atom. The van der Waals surface area contributed by atoms with Crippen LogP contribution in [0.1, 0.15) is 56.0 Å². The zero-order chi connectivity index (χ0) is 47.1. The summed E-state index contributed by atoms with van der Waals surface area (Å²) in [6.07, 6.45) is 0.319. The molecule has 17 heteroatoms. The second kappa shape index (κ2) is 20.6. The van der Waals surface area contributed by atoms with Crippen molar-refractivity contribution in [3.05, 3.63) is 114 Å². The fourth-order valence-corrected chi connectivity index (χ4v) is 8.13. The molecule has 0 aliphatic carbocycles. The average Bonchev–Trinajstić information content (AvgIpc) is 4.00. The number of amides is 4. The van der Waals surface area contributed by atoms with Crippen molar-refractivity contribution in [2.45, 2.75) is 65.1 Å². The zero-order valence-corrected chi connectivity index (χ0v) is 38.2. The van der Waals surface area contributed by atoms with E-state index in [0.717, 1.165) is 55.5 Å². The third kappa shape index (κ3) is 10.1. The molecule has 3 heterocycles. The summed E-state index contributed by atoms with van der Waals surface area (Å²) in [6, 6.07) is 21.4. The molecular formula is C49H56N8O9. The lowest BCUT2D eigenvalue weighted by Crippen LogP contribution is -2.54. The lowest BCUT2D eigenvalue weighted by atomic mass is 9.92. The van der Waals surface area contributed by atoms with Crippen molar-refractivity contribution >= 4 is 45.8 Å². The molecule has 1 aliphatic heterocycles. The first-order valence-electron chi connectivity index (χ1n) is 21.7. The normalized spacial score (nSPS) is 13.6. The van der Waals surface area contributed by atoms with Crippen LogP contribution in [0.4, 0.5) is 9.59 Å². The highest BCUT2D eigenvalue weighted by molar-refractivity contribution is 6.07. The van der Waals surface area contributed by atoms with Gasteiger partial charge in [-0.15, -0.1) is 0 Å². The Labute approximate surface area is 382 Å². The number of rotatable bonds is 18. The number of aromatic nitrogens is 4. The number of imidazole rings is 2. The van der Waals surface area contributed by atoms with Crippen LogP contribution in [-0.4, -0.2) is 107 Å². The van der Waals surface area contributed by atoms with Crippen molar-refractivity contribution in [3.8, 4) is 28.1 Å². The summed E-state index contributed by atoms with van der Waals surface area (Å²) in [7, 11) is 5.50. The second-order valence-corrected chi connectivity index (χ2v) is 16.2. The van der Waals surface area contributed by atoms with E-state index in [0.29, 0.717) is 42.5 Å². The number of nitrogens with one attached hydrogen (secondary N) is 4. The van der Waals surface area contributed by atoms with E-state index in [-0.39, 0.29) is 37.4 Å². The molecule has 0 bridgehead atoms. The number of benzene rings is 4. The van der Waals surface area contributed by atoms with Crippen LogP contribution in [0.2, 0.25) is 0 Å². The molecule has 0 radical (unpaired) electrons. The maximum absolute atomic E-state index is 14.0. The highest BCUT2D eigenvalue weighted by Gasteiger charge is 2.33. The van der Waals surface area contributed by atoms with E-state index in [9.17, 15) is 19.2 Å². The van der Waals surface area contributed by atoms with Gasteiger partial charge in [0.1, 0.15) is 36.1 Å². The van der Waals surface area contributed by atoms with Crippen molar-refractivity contribution in [2.24, 2.45) is 5.92 Å². The molecule has 0 spiro atoms. The van der Waals surface area contributed by atoms with E-state index >= 15 is 0 Å². The zero-order valence-electron chi connectivity index (χ0n) is 38.2. The van der Waals surface area contributed by atoms with Gasteiger partial charge in [0.05, 0.1) is 69.2 Å². The van der Waals surface area contributed by atoms with Crippen LogP contribution >= 0.6 is 0 Å². The van der Waals surface area contributed by atoms with Gasteiger partial charge in [-0.1, -0.05) is 69.0 Å². The van der Waals surface area contributed by atoms with Gasteiger partial charge in [0.15, 0.2) is 0 Å². The van der Waals surface area contributed by atoms with Gasteiger partial charge in [-0.2, -0.15) is 0 Å². The van der Waals surface area contributed by atoms with Crippen molar-refractivity contribution in [1.29, 1.82) is 0 Å². The first-order valence-corrected chi connectivity index (χ1v) is 21.7. The lowest BCUT2D eigenvalue weighted by molar-refractivity contribution is -0.138. The van der Waals surface area contributed by atoms with Crippen LogP contribution in [-0.2, 0) is 48.2 Å². The predicted molar refractivity (Wildman–Crippen MR) is 248 cm³/mol. The monoisotopic (exact) mass is 900 g/mol. The number of H-pyrrole nitrogens is 2. The summed E-state index contributed by atoms with van der Waals surface area (Å²) in [4.78, 5) is 72.3. The molecular weight excluding hydrogens is 845 g/mol. The molecule has 0 fully saturated rings. The van der Waals surface area contributed by atoms with Crippen molar-refractivity contribution < 1.29 is 42.9 Å². The summed E-state index contributed by atoms with van der Waals surface area (Å²) < 4.78 is 26.9. The number of alkyl carbamates (subject to hydrolysis) is 2. The number of carbonyl (C=O) groups excluding carboxylic acids is 4. The number of methoxy groups -OCH3 is 4. The van der Waals surface area contributed by atoms with Crippen LogP contribution in [0.3, 0.4) is 0 Å². The van der Waals surface area contributed by atoms with Gasteiger partial charge in [0.25, 0.3) is 0 Å². The molecule has 17 nitrogen and oxygen atoms in total. The smallest absolute Gasteiger partial charge is 0.407 e. The molecule has 66 heavy (non-hydrogen) atoms. The van der Waals surface area contributed by atoms with E-state index < -0.39 is 30.4 Å². The number of fused-ring (bicyclic) bond motifs is 6. The van der Waals surface area contributed by atoms with Gasteiger partial charge in [-0.05, 0) is 65.3 Å². The van der Waals surface area contributed by atoms with Crippen molar-refractivity contribution in [3.63, 3.8) is 0 Å². The van der Waals surface area contributed by atoms with Crippen LogP contribution < -0.4 is 15.4 Å². The third-order valence-corrected chi connectivity index (χ3v) is 11.8. The summed E-state index contributed by atoms with van der Waals surface area (Å²) in [5.74, 6) is 1.48. The Hall–Kier alpha value is -7.40. The second-order valence-electron chi connectivity index (χ2n) is 16.2. The Morgan fingerprint density at radius 3 is 2.29 bits per heavy atom. The highest BCUT2D eigenvalue weighted by Crippen LogP contribution is 2.42. The summed E-state index contributed by atoms with van der Waals surface area (Å²) in [5.41, 5.74) is 6.82. The van der Waals surface area contributed by atoms with Crippen molar-refractivity contribution in [1.82, 2.24) is 40.4 Å². The molecule has 6 aromatic rings. The van der Waals surface area contributed by atoms with Gasteiger partial charge in [0, 0.05) is 37.1 Å². The van der Waals surface area contributed by atoms with Crippen molar-refractivity contribution in [2.75, 3.05) is 41.5 Å². The standard InChI is InChI=1S/C49H56N8O9/c1-9-19-56(47(59)44(55-49(61)65-8)31-13-11-10-12-14-31)26-42-51-38-18-16-32-21-37-35-17-15-33(20-34(35)27-66-40(37)22-36(32)45(38)53-42)39-23-50-41(52-39)25-57(24-28(2)29(3)62-5)46(58)43(30(4)63-6)54-48(60)64-7/h10-18,20-23,28,30,43-44H,3,9,19,24-27H2,1-2,4-8H3,(H,50,52)(H,51,53)(H,54,60)(H,55,61)/t28-,30+,43-,44+/m0/s1. The van der Waals surface area contributed by atoms with Gasteiger partial charge < -0.3 is 54.1 Å². The van der Waals surface area contributed by atoms with Crippen LogP contribution in [0.15, 0.2) is 91.3 Å². The van der Waals surface area contributed by atoms with Gasteiger partial charge in [-0.25, -0.2) is 19.6 Å². The summed E-state index contributed by atoms with van der Waals surface area (Å²) in [5, 5.41) is 7.18. The summed E-state index contributed by atoms with van der Waals surface area (Å²) >= 11 is 0. The highest BCUT2D eigenvalue weighted by atomic mass is 16.5. The molecule has 4 N–H and O–H groups in total. The van der Waals surface area contributed by atoms with E-state index in [1.54, 1.807) is 35.1 Å². The Bertz CT molecular complexity index is 2730. The Kier molecular flexibility index (Phi) is 14.6. The van der Waals surface area contributed by atoms with Crippen LogP contribution in [0.25, 0.3) is 44.2 Å². The molecule has 0 saturated carbocycles. The number of hydrogen-bond acceptors (Lipinski definition) is 11. The number of nitrogens with zero attached hydrogens (tertiary/aromatic N) is 4. The topological polar surface area (TPSA) is 202 Å². The Morgan fingerprint density at radius 1 is 0.833 bits per heavy atom. The number of carbonyl (C=O) groups is 4. The maximum Gasteiger partial charge on any atom is 0.407 e. The number of ether oxygens (including phenoxy) is 5. The average molecular weight is 901 g/mol. The largest absolute Gasteiger partial charge is 0.501 e. The van der Waals surface area contributed by atoms with E-state index in [4.69, 9.17) is 28.7 Å². The van der Waals surface area contributed by atoms with E-state index in [1.807, 2.05) is 56.3 Å². The lowest BCUT2D eigenvalue weighted by Gasteiger charge is -2.31. The third-order valence-electron chi connectivity index (χ3n) is 11.8. The minimum atomic E-state index is -1.03. The quantitative estimate of drug-likeness (QED) is 0.0627. The molecule has 4 amide bonds. The van der Waals surface area contributed by atoms with Gasteiger partial charge in [0.2, 0.25) is 11.8 Å². The first-order chi connectivity index (χ1) is 31.8. The van der Waals surface area contributed by atoms with Crippen LogP contribution in [0.5, 0.6) is 5.75 Å². The maximum atomic E-state index is 14.0. The molecule has 346 valence electrons. The predicted octanol–water partition coefficient (Wildman–Crippen LogP) is 7.39. The molecule has 1 aliphatic rings. The SMILES string of the molecule is C=C(OC)[C@@H](C)CN(Cc1ncc(-c2ccc3c(c2)COc2cc4c(ccc5[nH]c(CN(CCC)C(=O)[C@H](NC(=O)OC)c6ccccc6)nc54)cc2-3)[nH]1)C(=O)[C@@H](NC(=O)OC)[C@@H](C)OC. The number of hydrogen-bond donors (Lipinski definition) is 4. The van der Waals surface area contributed by atoms with E-state index in [1.165, 1.54) is 28.4 Å². The fraction of sp³-hybridized carbons (Fsp3) is 0.347. The van der Waals surface area contributed by atoms with Crippen LogP contribution in [0, 0.1) is 5.92 Å². The minimum Gasteiger partial charge on any atom is -0.501 e. The molecule has 2 aromatic heterocycles. The van der Waals surface area contributed by atoms with E-state index in [2.05, 4.69) is 50.4 Å². The van der Waals surface area contributed by atoms with Gasteiger partial charge >= 0.3 is 12.2 Å². The first kappa shape index (κ1) is 46.6. The Balaban J connectivity index is 1.12. The molecule has 4 aromatic carbocycles. The molecule has 0 saturated heterocycles. The molecule has 0 unspecified atom stereocenters. The minimum absolute atomic E-state index is 0.105. The molecule has 7 rings (SSSR count). The van der Waals surface area contributed by atoms with Gasteiger partial charge in [-0.3, -0.25) is 9.59 Å². The fourth-order valence-electron chi connectivity index (χ4n) is 8.13. The summed E-state index contributed by atoms with van der Waals surface area (Å²) in [6.45, 7) is 10.9.